The zero-order valence-corrected chi connectivity index (χ0v) is 14.9. The van der Waals surface area contributed by atoms with Crippen molar-refractivity contribution in [2.24, 2.45) is 5.92 Å². The number of benzene rings is 1. The van der Waals surface area contributed by atoms with Gasteiger partial charge >= 0.3 is 0 Å². The molecule has 0 radical (unpaired) electrons. The van der Waals surface area contributed by atoms with Crippen molar-refractivity contribution in [2.75, 3.05) is 32.5 Å². The molecule has 0 saturated heterocycles. The van der Waals surface area contributed by atoms with Crippen LogP contribution >= 0.6 is 15.9 Å². The molecule has 1 amide bonds. The number of rotatable bonds is 8. The van der Waals surface area contributed by atoms with Crippen molar-refractivity contribution in [3.63, 3.8) is 0 Å². The topological polar surface area (TPSA) is 44.4 Å². The van der Waals surface area contributed by atoms with Gasteiger partial charge in [-0.05, 0) is 50.7 Å². The zero-order chi connectivity index (χ0) is 15.8. The van der Waals surface area contributed by atoms with Crippen molar-refractivity contribution in [2.45, 2.75) is 26.3 Å². The minimum atomic E-state index is -0.00941. The Morgan fingerprint density at radius 2 is 1.86 bits per heavy atom. The number of hydrogen-bond donors (Lipinski definition) is 2. The molecule has 1 atom stereocenters. The van der Waals surface area contributed by atoms with E-state index in [2.05, 4.69) is 59.4 Å². The largest absolute Gasteiger partial charge is 0.325 e. The van der Waals surface area contributed by atoms with Crippen LogP contribution in [0.25, 0.3) is 0 Å². The third-order valence-corrected chi connectivity index (χ3v) is 3.55. The fourth-order valence-corrected chi connectivity index (χ4v) is 2.47. The van der Waals surface area contributed by atoms with E-state index in [0.29, 0.717) is 18.5 Å². The van der Waals surface area contributed by atoms with Crippen molar-refractivity contribution in [3.8, 4) is 0 Å². The van der Waals surface area contributed by atoms with Crippen molar-refractivity contribution in [3.05, 3.63) is 28.7 Å². The van der Waals surface area contributed by atoms with Crippen molar-refractivity contribution >= 4 is 27.5 Å². The molecule has 0 aliphatic heterocycles. The smallest absolute Gasteiger partial charge is 0.238 e. The first-order chi connectivity index (χ1) is 9.86. The maximum absolute atomic E-state index is 12.0. The van der Waals surface area contributed by atoms with Crippen molar-refractivity contribution < 1.29 is 4.79 Å². The van der Waals surface area contributed by atoms with Crippen LogP contribution in [0.2, 0.25) is 0 Å². The maximum atomic E-state index is 12.0. The summed E-state index contributed by atoms with van der Waals surface area (Å²) < 4.78 is 1.00. The maximum Gasteiger partial charge on any atom is 0.238 e. The number of nitrogens with one attached hydrogen (secondary N) is 2. The first-order valence-electron chi connectivity index (χ1n) is 7.30. The van der Waals surface area contributed by atoms with E-state index in [4.69, 9.17) is 0 Å². The number of anilines is 1. The highest BCUT2D eigenvalue weighted by Gasteiger charge is 2.13. The molecule has 0 saturated carbocycles. The van der Waals surface area contributed by atoms with Gasteiger partial charge in [-0.1, -0.05) is 29.8 Å². The molecule has 0 heterocycles. The molecule has 2 N–H and O–H groups in total. The van der Waals surface area contributed by atoms with E-state index in [1.165, 1.54) is 0 Å². The summed E-state index contributed by atoms with van der Waals surface area (Å²) in [7, 11) is 4.10. The highest BCUT2D eigenvalue weighted by atomic mass is 79.9. The van der Waals surface area contributed by atoms with Gasteiger partial charge < -0.3 is 15.5 Å². The Morgan fingerprint density at radius 3 is 2.38 bits per heavy atom. The lowest BCUT2D eigenvalue weighted by atomic mass is 10.0. The van der Waals surface area contributed by atoms with Crippen molar-refractivity contribution in [1.29, 1.82) is 0 Å². The predicted octanol–water partition coefficient (Wildman–Crippen LogP) is 2.95. The summed E-state index contributed by atoms with van der Waals surface area (Å²) in [5.74, 6) is 0.599. The number of likely N-dealkylation sites (N-methyl/N-ethyl adjacent to an activating group) is 1. The second-order valence-corrected chi connectivity index (χ2v) is 6.94. The van der Waals surface area contributed by atoms with Gasteiger partial charge in [-0.3, -0.25) is 4.79 Å². The fourth-order valence-electron chi connectivity index (χ4n) is 2.21. The summed E-state index contributed by atoms with van der Waals surface area (Å²) in [4.78, 5) is 14.1. The van der Waals surface area contributed by atoms with E-state index in [1.807, 2.05) is 24.3 Å². The van der Waals surface area contributed by atoms with Crippen LogP contribution in [0.3, 0.4) is 0 Å². The highest BCUT2D eigenvalue weighted by molar-refractivity contribution is 9.10. The van der Waals surface area contributed by atoms with Crippen LogP contribution in [-0.4, -0.2) is 44.0 Å². The lowest BCUT2D eigenvalue weighted by Crippen LogP contribution is -2.42. The first kappa shape index (κ1) is 18.1. The van der Waals surface area contributed by atoms with E-state index in [9.17, 15) is 4.79 Å². The molecular formula is C16H26BrN3O. The standard InChI is InChI=1S/C16H26BrN3O/c1-12(2)9-15(11-20(3)4)18-10-16(21)19-14-7-5-13(17)6-8-14/h5-8,12,15,18H,9-11H2,1-4H3,(H,19,21). The molecule has 118 valence electrons. The Hall–Kier alpha value is -0.910. The molecule has 1 rings (SSSR count). The molecule has 1 aromatic carbocycles. The zero-order valence-electron chi connectivity index (χ0n) is 13.3. The molecule has 0 aliphatic carbocycles. The summed E-state index contributed by atoms with van der Waals surface area (Å²) in [5.41, 5.74) is 0.818. The van der Waals surface area contributed by atoms with Crippen LogP contribution in [-0.2, 0) is 4.79 Å². The molecule has 0 bridgehead atoms. The van der Waals surface area contributed by atoms with Crippen LogP contribution in [0.1, 0.15) is 20.3 Å². The number of amides is 1. The Balaban J connectivity index is 2.43. The van der Waals surface area contributed by atoms with Crippen LogP contribution in [0, 0.1) is 5.92 Å². The van der Waals surface area contributed by atoms with Gasteiger partial charge in [-0.15, -0.1) is 0 Å². The van der Waals surface area contributed by atoms with Gasteiger partial charge in [0.05, 0.1) is 6.54 Å². The SMILES string of the molecule is CC(C)CC(CN(C)C)NCC(=O)Nc1ccc(Br)cc1. The van der Waals surface area contributed by atoms with Gasteiger partial charge in [0.25, 0.3) is 0 Å². The molecule has 0 fully saturated rings. The third kappa shape index (κ3) is 8.19. The van der Waals surface area contributed by atoms with E-state index >= 15 is 0 Å². The number of halogens is 1. The van der Waals surface area contributed by atoms with Crippen molar-refractivity contribution in [1.82, 2.24) is 10.2 Å². The summed E-state index contributed by atoms with van der Waals surface area (Å²) in [5, 5.41) is 6.25. The first-order valence-corrected chi connectivity index (χ1v) is 8.09. The van der Waals surface area contributed by atoms with Gasteiger partial charge in [0, 0.05) is 22.7 Å². The summed E-state index contributed by atoms with van der Waals surface area (Å²) in [6.07, 6.45) is 1.06. The van der Waals surface area contributed by atoms with Gasteiger partial charge in [0.1, 0.15) is 0 Å². The van der Waals surface area contributed by atoms with Crippen LogP contribution in [0.4, 0.5) is 5.69 Å². The van der Waals surface area contributed by atoms with E-state index < -0.39 is 0 Å². The second-order valence-electron chi connectivity index (χ2n) is 6.02. The minimum absolute atomic E-state index is 0.00941. The molecule has 1 aromatic rings. The predicted molar refractivity (Wildman–Crippen MR) is 92.6 cm³/mol. The Bertz CT molecular complexity index is 422. The van der Waals surface area contributed by atoms with E-state index in [0.717, 1.165) is 23.1 Å². The van der Waals surface area contributed by atoms with E-state index in [1.54, 1.807) is 0 Å². The molecule has 21 heavy (non-hydrogen) atoms. The monoisotopic (exact) mass is 355 g/mol. The number of nitrogens with zero attached hydrogens (tertiary/aromatic N) is 1. The quantitative estimate of drug-likeness (QED) is 0.753. The Labute approximate surface area is 136 Å². The van der Waals surface area contributed by atoms with E-state index in [-0.39, 0.29) is 5.91 Å². The molecule has 4 nitrogen and oxygen atoms in total. The highest BCUT2D eigenvalue weighted by Crippen LogP contribution is 2.13. The summed E-state index contributed by atoms with van der Waals surface area (Å²) >= 11 is 3.38. The van der Waals surface area contributed by atoms with Gasteiger partial charge in [0.15, 0.2) is 0 Å². The lowest BCUT2D eigenvalue weighted by Gasteiger charge is -2.23. The van der Waals surface area contributed by atoms with Crippen LogP contribution < -0.4 is 10.6 Å². The average Bonchev–Trinajstić information content (AvgIpc) is 2.37. The molecule has 5 heteroatoms. The lowest BCUT2D eigenvalue weighted by molar-refractivity contribution is -0.115. The second kappa shape index (κ2) is 9.18. The number of hydrogen-bond acceptors (Lipinski definition) is 3. The molecule has 0 aliphatic rings. The molecule has 0 spiro atoms. The minimum Gasteiger partial charge on any atom is -0.325 e. The molecule has 0 aromatic heterocycles. The molecule has 1 unspecified atom stereocenters. The number of carbonyl (C=O) groups is 1. The third-order valence-electron chi connectivity index (χ3n) is 3.02. The number of carbonyl (C=O) groups excluding carboxylic acids is 1. The average molecular weight is 356 g/mol. The van der Waals surface area contributed by atoms with Crippen LogP contribution in [0.5, 0.6) is 0 Å². The fraction of sp³-hybridized carbons (Fsp3) is 0.562. The van der Waals surface area contributed by atoms with Gasteiger partial charge in [-0.25, -0.2) is 0 Å². The van der Waals surface area contributed by atoms with Crippen LogP contribution in [0.15, 0.2) is 28.7 Å². The summed E-state index contributed by atoms with van der Waals surface area (Å²) in [6, 6.07) is 7.92. The normalized spacial score (nSPS) is 12.7. The van der Waals surface area contributed by atoms with Gasteiger partial charge in [0.2, 0.25) is 5.91 Å². The Kier molecular flexibility index (Phi) is 7.93. The summed E-state index contributed by atoms with van der Waals surface area (Å²) in [6.45, 7) is 5.67. The Morgan fingerprint density at radius 1 is 1.24 bits per heavy atom. The molecular weight excluding hydrogens is 330 g/mol. The van der Waals surface area contributed by atoms with Gasteiger partial charge in [-0.2, -0.15) is 0 Å².